The van der Waals surface area contributed by atoms with Crippen LogP contribution in [0.1, 0.15) is 35.7 Å². The van der Waals surface area contributed by atoms with Gasteiger partial charge in [-0.2, -0.15) is 0 Å². The van der Waals surface area contributed by atoms with Gasteiger partial charge in [0.05, 0.1) is 10.6 Å². The van der Waals surface area contributed by atoms with Gasteiger partial charge in [0.15, 0.2) is 0 Å². The first-order valence-electron chi connectivity index (χ1n) is 5.85. The Labute approximate surface area is 105 Å². The first kappa shape index (κ1) is 10.7. The van der Waals surface area contributed by atoms with Crippen LogP contribution in [0, 0.1) is 13.8 Å². The largest absolute Gasteiger partial charge is 0.383 e. The third kappa shape index (κ3) is 1.82. The van der Waals surface area contributed by atoms with Crippen LogP contribution in [-0.2, 0) is 0 Å². The molecule has 0 aromatic carbocycles. The summed E-state index contributed by atoms with van der Waals surface area (Å²) in [6, 6.07) is 2.12. The van der Waals surface area contributed by atoms with Gasteiger partial charge in [-0.15, -0.1) is 11.3 Å². The van der Waals surface area contributed by atoms with Gasteiger partial charge < -0.3 is 5.73 Å². The Morgan fingerprint density at radius 1 is 1.29 bits per heavy atom. The fourth-order valence-corrected chi connectivity index (χ4v) is 2.89. The standard InChI is InChI=1S/C13H15N3S/c1-7-5-6-17-11(7)10-8(2)12(14)16-13(15-10)9-3-4-9/h5-6,9H,3-4H2,1-2H3,(H2,14,15,16). The molecule has 2 aromatic rings. The maximum atomic E-state index is 6.00. The molecule has 2 N–H and O–H groups in total. The Morgan fingerprint density at radius 3 is 2.65 bits per heavy atom. The third-order valence-electron chi connectivity index (χ3n) is 3.22. The Kier molecular flexibility index (Phi) is 2.40. The zero-order valence-corrected chi connectivity index (χ0v) is 10.8. The van der Waals surface area contributed by atoms with Gasteiger partial charge in [-0.1, -0.05) is 0 Å². The average Bonchev–Trinajstić information content (AvgIpc) is 3.06. The molecule has 4 heteroatoms. The van der Waals surface area contributed by atoms with E-state index < -0.39 is 0 Å². The van der Waals surface area contributed by atoms with Gasteiger partial charge in [0.2, 0.25) is 0 Å². The Bertz CT molecular complexity index is 570. The lowest BCUT2D eigenvalue weighted by atomic mass is 10.1. The van der Waals surface area contributed by atoms with Crippen LogP contribution in [0.5, 0.6) is 0 Å². The average molecular weight is 245 g/mol. The number of hydrogen-bond acceptors (Lipinski definition) is 4. The van der Waals surface area contributed by atoms with Crippen LogP contribution < -0.4 is 5.73 Å². The van der Waals surface area contributed by atoms with E-state index in [1.807, 2.05) is 6.92 Å². The molecule has 2 heterocycles. The minimum atomic E-state index is 0.539. The van der Waals surface area contributed by atoms with Crippen LogP contribution in [-0.4, -0.2) is 9.97 Å². The number of anilines is 1. The summed E-state index contributed by atoms with van der Waals surface area (Å²) in [7, 11) is 0. The number of rotatable bonds is 2. The Morgan fingerprint density at radius 2 is 2.06 bits per heavy atom. The lowest BCUT2D eigenvalue weighted by Crippen LogP contribution is -2.03. The van der Waals surface area contributed by atoms with E-state index in [9.17, 15) is 0 Å². The van der Waals surface area contributed by atoms with Crippen LogP contribution in [0.3, 0.4) is 0 Å². The van der Waals surface area contributed by atoms with E-state index >= 15 is 0 Å². The monoisotopic (exact) mass is 245 g/mol. The summed E-state index contributed by atoms with van der Waals surface area (Å²) >= 11 is 1.72. The number of hydrogen-bond donors (Lipinski definition) is 1. The second kappa shape index (κ2) is 3.81. The molecule has 0 aliphatic heterocycles. The topological polar surface area (TPSA) is 51.8 Å². The van der Waals surface area contributed by atoms with Gasteiger partial charge >= 0.3 is 0 Å². The number of aromatic nitrogens is 2. The van der Waals surface area contributed by atoms with Crippen molar-refractivity contribution in [3.63, 3.8) is 0 Å². The van der Waals surface area contributed by atoms with Gasteiger partial charge in [0.25, 0.3) is 0 Å². The predicted molar refractivity (Wildman–Crippen MR) is 71.2 cm³/mol. The van der Waals surface area contributed by atoms with Gasteiger partial charge in [0, 0.05) is 11.5 Å². The van der Waals surface area contributed by atoms with Crippen molar-refractivity contribution in [1.29, 1.82) is 0 Å². The molecule has 2 aromatic heterocycles. The molecule has 0 radical (unpaired) electrons. The number of thiophene rings is 1. The number of nitrogens with zero attached hydrogens (tertiary/aromatic N) is 2. The number of aryl methyl sites for hydroxylation is 1. The Balaban J connectivity index is 2.17. The number of nitrogens with two attached hydrogens (primary N) is 1. The molecule has 0 unspecified atom stereocenters. The van der Waals surface area contributed by atoms with Gasteiger partial charge in [-0.05, 0) is 43.7 Å². The molecule has 0 amide bonds. The minimum absolute atomic E-state index is 0.539. The zero-order chi connectivity index (χ0) is 12.0. The first-order valence-corrected chi connectivity index (χ1v) is 6.73. The van der Waals surface area contributed by atoms with Crippen molar-refractivity contribution in [3.8, 4) is 10.6 Å². The molecule has 0 saturated heterocycles. The smallest absolute Gasteiger partial charge is 0.134 e. The lowest BCUT2D eigenvalue weighted by molar-refractivity contribution is 0.928. The van der Waals surface area contributed by atoms with E-state index in [4.69, 9.17) is 10.7 Å². The second-order valence-electron chi connectivity index (χ2n) is 4.65. The summed E-state index contributed by atoms with van der Waals surface area (Å²) in [6.07, 6.45) is 2.40. The van der Waals surface area contributed by atoms with Gasteiger partial charge in [0.1, 0.15) is 11.6 Å². The highest BCUT2D eigenvalue weighted by molar-refractivity contribution is 7.13. The highest BCUT2D eigenvalue weighted by Gasteiger charge is 2.28. The van der Waals surface area contributed by atoms with Gasteiger partial charge in [-0.3, -0.25) is 0 Å². The second-order valence-corrected chi connectivity index (χ2v) is 5.56. The van der Waals surface area contributed by atoms with Crippen LogP contribution in [0.4, 0.5) is 5.82 Å². The van der Waals surface area contributed by atoms with E-state index in [0.29, 0.717) is 11.7 Å². The summed E-state index contributed by atoms with van der Waals surface area (Å²) in [5.41, 5.74) is 9.28. The summed E-state index contributed by atoms with van der Waals surface area (Å²) in [5.74, 6) is 2.09. The van der Waals surface area contributed by atoms with E-state index in [1.165, 1.54) is 23.3 Å². The van der Waals surface area contributed by atoms with Crippen molar-refractivity contribution in [3.05, 3.63) is 28.4 Å². The maximum Gasteiger partial charge on any atom is 0.134 e. The van der Waals surface area contributed by atoms with E-state index in [2.05, 4.69) is 23.4 Å². The van der Waals surface area contributed by atoms with Crippen molar-refractivity contribution in [2.45, 2.75) is 32.6 Å². The normalized spacial score (nSPS) is 15.2. The van der Waals surface area contributed by atoms with Crippen molar-refractivity contribution < 1.29 is 0 Å². The predicted octanol–water partition coefficient (Wildman–Crippen LogP) is 3.28. The van der Waals surface area contributed by atoms with E-state index in [-0.39, 0.29) is 0 Å². The summed E-state index contributed by atoms with van der Waals surface area (Å²) < 4.78 is 0. The highest BCUT2D eigenvalue weighted by atomic mass is 32.1. The molecule has 0 atom stereocenters. The fourth-order valence-electron chi connectivity index (χ4n) is 1.91. The lowest BCUT2D eigenvalue weighted by Gasteiger charge is -2.09. The fraction of sp³-hybridized carbons (Fsp3) is 0.385. The molecule has 3 nitrogen and oxygen atoms in total. The molecule has 1 fully saturated rings. The Hall–Kier alpha value is -1.42. The van der Waals surface area contributed by atoms with E-state index in [1.54, 1.807) is 11.3 Å². The van der Waals surface area contributed by atoms with Crippen molar-refractivity contribution in [2.75, 3.05) is 5.73 Å². The highest BCUT2D eigenvalue weighted by Crippen LogP contribution is 2.40. The first-order chi connectivity index (χ1) is 8.16. The SMILES string of the molecule is Cc1ccsc1-c1nc(C2CC2)nc(N)c1C. The summed E-state index contributed by atoms with van der Waals surface area (Å²) in [6.45, 7) is 4.11. The summed E-state index contributed by atoms with van der Waals surface area (Å²) in [4.78, 5) is 10.3. The molecule has 1 aliphatic rings. The molecular formula is C13H15N3S. The molecule has 88 valence electrons. The zero-order valence-electron chi connectivity index (χ0n) is 10.0. The van der Waals surface area contributed by atoms with Gasteiger partial charge in [-0.25, -0.2) is 9.97 Å². The molecule has 1 saturated carbocycles. The van der Waals surface area contributed by atoms with E-state index in [0.717, 1.165) is 17.1 Å². The molecule has 0 spiro atoms. The third-order valence-corrected chi connectivity index (χ3v) is 4.24. The molecule has 17 heavy (non-hydrogen) atoms. The quantitative estimate of drug-likeness (QED) is 0.883. The van der Waals surface area contributed by atoms with Crippen molar-refractivity contribution in [2.24, 2.45) is 0 Å². The van der Waals surface area contributed by atoms with Crippen LogP contribution >= 0.6 is 11.3 Å². The maximum absolute atomic E-state index is 6.00. The van der Waals surface area contributed by atoms with Crippen LogP contribution in [0.15, 0.2) is 11.4 Å². The molecule has 0 bridgehead atoms. The molecule has 3 rings (SSSR count). The van der Waals surface area contributed by atoms with Crippen molar-refractivity contribution >= 4 is 17.2 Å². The van der Waals surface area contributed by atoms with Crippen LogP contribution in [0.2, 0.25) is 0 Å². The minimum Gasteiger partial charge on any atom is -0.383 e. The number of nitrogen functional groups attached to an aromatic ring is 1. The van der Waals surface area contributed by atoms with Crippen molar-refractivity contribution in [1.82, 2.24) is 9.97 Å². The molecular weight excluding hydrogens is 230 g/mol. The summed E-state index contributed by atoms with van der Waals surface area (Å²) in [5, 5.41) is 2.10. The van der Waals surface area contributed by atoms with Crippen LogP contribution in [0.25, 0.3) is 10.6 Å². The molecule has 1 aliphatic carbocycles.